The Morgan fingerprint density at radius 1 is 1.33 bits per heavy atom. The highest BCUT2D eigenvalue weighted by molar-refractivity contribution is 5.83. The molecule has 112 valence electrons. The summed E-state index contributed by atoms with van der Waals surface area (Å²) in [6.45, 7) is 6.65. The van der Waals surface area contributed by atoms with E-state index in [1.165, 1.54) is 0 Å². The molecule has 0 amide bonds. The lowest BCUT2D eigenvalue weighted by atomic mass is 10.0. The molecule has 0 saturated carbocycles. The van der Waals surface area contributed by atoms with Crippen molar-refractivity contribution in [2.24, 2.45) is 0 Å². The molecule has 1 aromatic carbocycles. The summed E-state index contributed by atoms with van der Waals surface area (Å²) in [4.78, 5) is 11.8. The first-order valence-corrected chi connectivity index (χ1v) is 7.61. The predicted octanol–water partition coefficient (Wildman–Crippen LogP) is 1.65. The van der Waals surface area contributed by atoms with Gasteiger partial charge >= 0.3 is 5.63 Å². The lowest BCUT2D eigenvalue weighted by Gasteiger charge is -2.10. The summed E-state index contributed by atoms with van der Waals surface area (Å²) < 4.78 is 11.0. The summed E-state index contributed by atoms with van der Waals surface area (Å²) in [5, 5.41) is 3.26. The van der Waals surface area contributed by atoms with Gasteiger partial charge in [0.25, 0.3) is 0 Å². The Morgan fingerprint density at radius 3 is 2.95 bits per heavy atom. The summed E-state index contributed by atoms with van der Waals surface area (Å²) in [5.74, 6) is 0. The van der Waals surface area contributed by atoms with Crippen molar-refractivity contribution in [2.45, 2.75) is 39.3 Å². The zero-order valence-electron chi connectivity index (χ0n) is 12.6. The third kappa shape index (κ3) is 3.01. The van der Waals surface area contributed by atoms with Crippen LogP contribution in [0, 0.1) is 13.8 Å². The third-order valence-electron chi connectivity index (χ3n) is 4.34. The number of nitrogens with two attached hydrogens (primary N) is 1. The molecular weight excluding hydrogens is 266 g/mol. The lowest BCUT2D eigenvalue weighted by Crippen LogP contribution is -2.84. The summed E-state index contributed by atoms with van der Waals surface area (Å²) in [7, 11) is 0. The van der Waals surface area contributed by atoms with Crippen LogP contribution in [0.1, 0.15) is 29.5 Å². The molecule has 1 aliphatic rings. The van der Waals surface area contributed by atoms with Crippen molar-refractivity contribution in [3.05, 3.63) is 45.3 Å². The van der Waals surface area contributed by atoms with Crippen LogP contribution in [0.3, 0.4) is 0 Å². The van der Waals surface area contributed by atoms with Crippen LogP contribution in [-0.2, 0) is 11.3 Å². The number of hydrogen-bond donors (Lipinski definition) is 1. The van der Waals surface area contributed by atoms with E-state index in [4.69, 9.17) is 9.15 Å². The van der Waals surface area contributed by atoms with Gasteiger partial charge in [-0.15, -0.1) is 0 Å². The Labute approximate surface area is 124 Å². The van der Waals surface area contributed by atoms with Gasteiger partial charge in [-0.1, -0.05) is 12.1 Å². The van der Waals surface area contributed by atoms with Crippen LogP contribution in [0.25, 0.3) is 11.0 Å². The molecule has 21 heavy (non-hydrogen) atoms. The molecule has 1 atom stereocenters. The van der Waals surface area contributed by atoms with Gasteiger partial charge in [0, 0.05) is 23.6 Å². The maximum Gasteiger partial charge on any atom is 0.336 e. The molecule has 0 spiro atoms. The van der Waals surface area contributed by atoms with Gasteiger partial charge in [0.05, 0.1) is 0 Å². The summed E-state index contributed by atoms with van der Waals surface area (Å²) in [6.07, 6.45) is 2.67. The van der Waals surface area contributed by atoms with E-state index in [0.29, 0.717) is 6.10 Å². The zero-order valence-corrected chi connectivity index (χ0v) is 12.6. The number of rotatable bonds is 4. The molecular formula is C17H22NO3+. The molecule has 1 aliphatic heterocycles. The van der Waals surface area contributed by atoms with Crippen LogP contribution in [0.15, 0.2) is 27.4 Å². The number of ether oxygens (including phenoxy) is 1. The number of fused-ring (bicyclic) bond motifs is 1. The molecule has 3 rings (SSSR count). The van der Waals surface area contributed by atoms with Gasteiger partial charge in [-0.2, -0.15) is 0 Å². The minimum Gasteiger partial charge on any atom is -0.422 e. The Morgan fingerprint density at radius 2 is 2.19 bits per heavy atom. The van der Waals surface area contributed by atoms with Gasteiger partial charge in [-0.3, -0.25) is 0 Å². The molecule has 0 bridgehead atoms. The van der Waals surface area contributed by atoms with E-state index in [1.54, 1.807) is 6.07 Å². The van der Waals surface area contributed by atoms with Crippen LogP contribution in [0.2, 0.25) is 0 Å². The van der Waals surface area contributed by atoms with E-state index in [-0.39, 0.29) is 5.63 Å². The highest BCUT2D eigenvalue weighted by Gasteiger charge is 2.17. The van der Waals surface area contributed by atoms with Crippen molar-refractivity contribution in [3.63, 3.8) is 0 Å². The smallest absolute Gasteiger partial charge is 0.336 e. The van der Waals surface area contributed by atoms with E-state index in [0.717, 1.165) is 60.2 Å². The fraction of sp³-hybridized carbons (Fsp3) is 0.471. The normalized spacial score (nSPS) is 18.5. The third-order valence-corrected chi connectivity index (χ3v) is 4.34. The van der Waals surface area contributed by atoms with E-state index >= 15 is 0 Å². The molecule has 0 radical (unpaired) electrons. The quantitative estimate of drug-likeness (QED) is 0.870. The monoisotopic (exact) mass is 288 g/mol. The van der Waals surface area contributed by atoms with Gasteiger partial charge in [0.15, 0.2) is 0 Å². The molecule has 4 nitrogen and oxygen atoms in total. The molecule has 0 aliphatic carbocycles. The first-order valence-electron chi connectivity index (χ1n) is 7.61. The maximum absolute atomic E-state index is 11.8. The van der Waals surface area contributed by atoms with Crippen molar-refractivity contribution < 1.29 is 14.5 Å². The molecule has 2 heterocycles. The van der Waals surface area contributed by atoms with Crippen molar-refractivity contribution in [2.75, 3.05) is 13.2 Å². The average Bonchev–Trinajstić information content (AvgIpc) is 2.96. The Balaban J connectivity index is 1.84. The van der Waals surface area contributed by atoms with Crippen LogP contribution in [-0.4, -0.2) is 19.3 Å². The minimum absolute atomic E-state index is 0.267. The summed E-state index contributed by atoms with van der Waals surface area (Å²) in [5.41, 5.74) is 3.69. The topological polar surface area (TPSA) is 56.0 Å². The maximum atomic E-state index is 11.8. The average molecular weight is 288 g/mol. The standard InChI is InChI=1S/C17H21NO3/c1-11-5-6-15-13(8-16(19)21-17(15)12(11)2)9-18-10-14-4-3-7-20-14/h5-6,8,14,18H,3-4,7,9-10H2,1-2H3/p+1/t14-/m1/s1. The Hall–Kier alpha value is -1.65. The number of benzene rings is 1. The number of aryl methyl sites for hydroxylation is 2. The van der Waals surface area contributed by atoms with E-state index in [9.17, 15) is 4.79 Å². The van der Waals surface area contributed by atoms with Gasteiger partial charge in [-0.25, -0.2) is 4.79 Å². The second-order valence-electron chi connectivity index (χ2n) is 5.84. The molecule has 4 heteroatoms. The largest absolute Gasteiger partial charge is 0.422 e. The highest BCUT2D eigenvalue weighted by Crippen LogP contribution is 2.22. The van der Waals surface area contributed by atoms with Crippen molar-refractivity contribution in [3.8, 4) is 0 Å². The second kappa shape index (κ2) is 6.00. The highest BCUT2D eigenvalue weighted by atomic mass is 16.5. The Bertz CT molecular complexity index is 699. The van der Waals surface area contributed by atoms with Gasteiger partial charge in [-0.05, 0) is 37.8 Å². The fourth-order valence-corrected chi connectivity index (χ4v) is 2.95. The SMILES string of the molecule is Cc1ccc2c(C[NH2+]C[C@H]3CCCO3)cc(=O)oc2c1C. The van der Waals surface area contributed by atoms with E-state index in [1.807, 2.05) is 13.8 Å². The summed E-state index contributed by atoms with van der Waals surface area (Å²) in [6, 6.07) is 5.75. The summed E-state index contributed by atoms with van der Waals surface area (Å²) >= 11 is 0. The van der Waals surface area contributed by atoms with Crippen molar-refractivity contribution >= 4 is 11.0 Å². The molecule has 2 aromatic rings. The van der Waals surface area contributed by atoms with Crippen molar-refractivity contribution in [1.82, 2.24) is 0 Å². The van der Waals surface area contributed by atoms with E-state index in [2.05, 4.69) is 17.4 Å². The zero-order chi connectivity index (χ0) is 14.8. The van der Waals surface area contributed by atoms with Crippen LogP contribution in [0.4, 0.5) is 0 Å². The molecule has 2 N–H and O–H groups in total. The first kappa shape index (κ1) is 14.3. The Kier molecular flexibility index (Phi) is 4.08. The van der Waals surface area contributed by atoms with Crippen molar-refractivity contribution in [1.29, 1.82) is 0 Å². The van der Waals surface area contributed by atoms with Gasteiger partial charge < -0.3 is 14.5 Å². The van der Waals surface area contributed by atoms with Crippen LogP contribution < -0.4 is 10.9 Å². The first-order chi connectivity index (χ1) is 10.1. The second-order valence-corrected chi connectivity index (χ2v) is 5.84. The minimum atomic E-state index is -0.267. The van der Waals surface area contributed by atoms with Gasteiger partial charge in [0.2, 0.25) is 0 Å². The van der Waals surface area contributed by atoms with Gasteiger partial charge in [0.1, 0.15) is 24.8 Å². The van der Waals surface area contributed by atoms with Crippen LogP contribution >= 0.6 is 0 Å². The lowest BCUT2D eigenvalue weighted by molar-refractivity contribution is -0.676. The van der Waals surface area contributed by atoms with E-state index < -0.39 is 0 Å². The number of hydrogen-bond acceptors (Lipinski definition) is 3. The van der Waals surface area contributed by atoms with Crippen LogP contribution in [0.5, 0.6) is 0 Å². The molecule has 1 saturated heterocycles. The molecule has 1 aromatic heterocycles. The molecule has 0 unspecified atom stereocenters. The predicted molar refractivity (Wildman–Crippen MR) is 81.4 cm³/mol. The molecule has 1 fully saturated rings. The number of quaternary nitrogens is 1. The fourth-order valence-electron chi connectivity index (χ4n) is 2.95.